The van der Waals surface area contributed by atoms with Gasteiger partial charge in [-0.2, -0.15) is 0 Å². The van der Waals surface area contributed by atoms with E-state index >= 15 is 0 Å². The minimum Gasteiger partial charge on any atom is -0.507 e. The van der Waals surface area contributed by atoms with E-state index in [2.05, 4.69) is 15.9 Å². The van der Waals surface area contributed by atoms with Crippen LogP contribution in [0.4, 0.5) is 0 Å². The fourth-order valence-corrected chi connectivity index (χ4v) is 1.35. The third-order valence-corrected chi connectivity index (χ3v) is 2.05. The van der Waals surface area contributed by atoms with Crippen LogP contribution in [0.15, 0.2) is 28.7 Å². The van der Waals surface area contributed by atoms with E-state index in [0.717, 1.165) is 10.0 Å². The molecule has 1 aromatic rings. The maximum absolute atomic E-state index is 9.34. The molecule has 0 aliphatic rings. The minimum atomic E-state index is 0.303. The van der Waals surface area contributed by atoms with Crippen LogP contribution in [-0.2, 0) is 0 Å². The molecule has 0 saturated carbocycles. The average molecular weight is 213 g/mol. The Hall–Kier alpha value is -0.760. The lowest BCUT2D eigenvalue weighted by Crippen LogP contribution is -1.75. The van der Waals surface area contributed by atoms with Crippen molar-refractivity contribution in [1.29, 1.82) is 0 Å². The van der Waals surface area contributed by atoms with Crippen molar-refractivity contribution in [2.75, 3.05) is 0 Å². The third-order valence-electron chi connectivity index (χ3n) is 1.36. The Kier molecular flexibility index (Phi) is 2.71. The highest BCUT2D eigenvalue weighted by Crippen LogP contribution is 2.26. The molecule has 0 saturated heterocycles. The van der Waals surface area contributed by atoms with E-state index in [1.807, 2.05) is 25.1 Å². The molecular formula is C9H9BrO. The molecule has 0 spiro atoms. The highest BCUT2D eigenvalue weighted by molar-refractivity contribution is 9.10. The van der Waals surface area contributed by atoms with Gasteiger partial charge in [-0.05, 0) is 19.1 Å². The Balaban J connectivity index is 3.20. The molecule has 0 aromatic heterocycles. The molecule has 0 heterocycles. The van der Waals surface area contributed by atoms with Crippen LogP contribution >= 0.6 is 15.9 Å². The number of phenols is 1. The van der Waals surface area contributed by atoms with Gasteiger partial charge >= 0.3 is 0 Å². The molecule has 58 valence electrons. The fourth-order valence-electron chi connectivity index (χ4n) is 0.857. The summed E-state index contributed by atoms with van der Waals surface area (Å²) in [5.74, 6) is 0.303. The summed E-state index contributed by atoms with van der Waals surface area (Å²) in [6.07, 6.45) is 3.75. The predicted octanol–water partition coefficient (Wildman–Crippen LogP) is 3.19. The predicted molar refractivity (Wildman–Crippen MR) is 50.5 cm³/mol. The molecule has 0 unspecified atom stereocenters. The van der Waals surface area contributed by atoms with Crippen LogP contribution < -0.4 is 0 Å². The number of phenolic OH excluding ortho intramolecular Hbond substituents is 1. The topological polar surface area (TPSA) is 20.2 Å². The highest BCUT2D eigenvalue weighted by Gasteiger charge is 1.99. The van der Waals surface area contributed by atoms with E-state index in [0.29, 0.717) is 5.75 Å². The summed E-state index contributed by atoms with van der Waals surface area (Å²) in [6.45, 7) is 1.92. The van der Waals surface area contributed by atoms with Gasteiger partial charge in [0.25, 0.3) is 0 Å². The number of aromatic hydroxyl groups is 1. The average Bonchev–Trinajstić information content (AvgIpc) is 1.97. The summed E-state index contributed by atoms with van der Waals surface area (Å²) in [4.78, 5) is 0. The molecular weight excluding hydrogens is 204 g/mol. The van der Waals surface area contributed by atoms with Crippen LogP contribution in [0.5, 0.6) is 5.75 Å². The van der Waals surface area contributed by atoms with Gasteiger partial charge in [-0.15, -0.1) is 0 Å². The van der Waals surface area contributed by atoms with Gasteiger partial charge in [0.1, 0.15) is 5.75 Å². The van der Waals surface area contributed by atoms with Gasteiger partial charge < -0.3 is 5.11 Å². The van der Waals surface area contributed by atoms with Crippen LogP contribution in [0.2, 0.25) is 0 Å². The van der Waals surface area contributed by atoms with Crippen molar-refractivity contribution >= 4 is 22.0 Å². The quantitative estimate of drug-likeness (QED) is 0.759. The van der Waals surface area contributed by atoms with Gasteiger partial charge in [0.05, 0.1) is 0 Å². The molecule has 0 fully saturated rings. The van der Waals surface area contributed by atoms with E-state index in [1.165, 1.54) is 0 Å². The lowest BCUT2D eigenvalue weighted by molar-refractivity contribution is 0.473. The number of hydrogen-bond acceptors (Lipinski definition) is 1. The van der Waals surface area contributed by atoms with Crippen molar-refractivity contribution in [2.45, 2.75) is 6.92 Å². The van der Waals surface area contributed by atoms with E-state index in [9.17, 15) is 5.11 Å². The Bertz CT molecular complexity index is 259. The molecule has 1 rings (SSSR count). The Morgan fingerprint density at radius 2 is 2.18 bits per heavy atom. The van der Waals surface area contributed by atoms with Crippen LogP contribution in [0.1, 0.15) is 12.5 Å². The van der Waals surface area contributed by atoms with Crippen molar-refractivity contribution in [2.24, 2.45) is 0 Å². The normalized spacial score (nSPS) is 10.7. The van der Waals surface area contributed by atoms with Gasteiger partial charge in [-0.1, -0.05) is 34.1 Å². The monoisotopic (exact) mass is 212 g/mol. The number of allylic oxidation sites excluding steroid dienone is 1. The van der Waals surface area contributed by atoms with Gasteiger partial charge in [0, 0.05) is 10.0 Å². The van der Waals surface area contributed by atoms with Crippen molar-refractivity contribution in [3.63, 3.8) is 0 Å². The maximum Gasteiger partial charge on any atom is 0.123 e. The van der Waals surface area contributed by atoms with E-state index < -0.39 is 0 Å². The minimum absolute atomic E-state index is 0.303. The smallest absolute Gasteiger partial charge is 0.123 e. The van der Waals surface area contributed by atoms with E-state index in [1.54, 1.807) is 12.1 Å². The molecule has 0 aliphatic heterocycles. The molecule has 11 heavy (non-hydrogen) atoms. The lowest BCUT2D eigenvalue weighted by atomic mass is 10.2. The molecule has 1 nitrogen and oxygen atoms in total. The second kappa shape index (κ2) is 3.58. The summed E-state index contributed by atoms with van der Waals surface area (Å²) in [6, 6.07) is 5.36. The Morgan fingerprint density at radius 1 is 1.45 bits per heavy atom. The van der Waals surface area contributed by atoms with Crippen LogP contribution in [0.3, 0.4) is 0 Å². The summed E-state index contributed by atoms with van der Waals surface area (Å²) < 4.78 is 0.913. The zero-order valence-electron chi connectivity index (χ0n) is 6.21. The highest BCUT2D eigenvalue weighted by atomic mass is 79.9. The molecule has 0 aliphatic carbocycles. The Labute approximate surface area is 74.5 Å². The number of hydrogen-bond donors (Lipinski definition) is 1. The van der Waals surface area contributed by atoms with Crippen molar-refractivity contribution in [1.82, 2.24) is 0 Å². The molecule has 1 aromatic carbocycles. The maximum atomic E-state index is 9.34. The zero-order chi connectivity index (χ0) is 8.27. The van der Waals surface area contributed by atoms with Crippen molar-refractivity contribution in [3.8, 4) is 5.75 Å². The summed E-state index contributed by atoms with van der Waals surface area (Å²) in [7, 11) is 0. The van der Waals surface area contributed by atoms with Gasteiger partial charge in [0.15, 0.2) is 0 Å². The second-order valence-corrected chi connectivity index (χ2v) is 3.03. The summed E-state index contributed by atoms with van der Waals surface area (Å²) >= 11 is 3.34. The molecule has 0 radical (unpaired) electrons. The van der Waals surface area contributed by atoms with Gasteiger partial charge in [-0.25, -0.2) is 0 Å². The molecule has 0 atom stereocenters. The number of rotatable bonds is 1. The molecule has 0 bridgehead atoms. The van der Waals surface area contributed by atoms with Crippen LogP contribution in [0.25, 0.3) is 6.08 Å². The van der Waals surface area contributed by atoms with E-state index in [-0.39, 0.29) is 0 Å². The molecule has 0 amide bonds. The van der Waals surface area contributed by atoms with Crippen LogP contribution in [-0.4, -0.2) is 5.11 Å². The first kappa shape index (κ1) is 8.34. The van der Waals surface area contributed by atoms with Gasteiger partial charge in [-0.3, -0.25) is 0 Å². The van der Waals surface area contributed by atoms with Crippen molar-refractivity contribution in [3.05, 3.63) is 34.3 Å². The number of benzene rings is 1. The summed E-state index contributed by atoms with van der Waals surface area (Å²) in [5, 5.41) is 9.34. The number of halogens is 1. The second-order valence-electron chi connectivity index (χ2n) is 2.17. The fraction of sp³-hybridized carbons (Fsp3) is 0.111. The molecule has 1 N–H and O–H groups in total. The lowest BCUT2D eigenvalue weighted by Gasteiger charge is -1.99. The van der Waals surface area contributed by atoms with Crippen LogP contribution in [0, 0.1) is 0 Å². The third kappa shape index (κ3) is 1.84. The zero-order valence-corrected chi connectivity index (χ0v) is 7.80. The Morgan fingerprint density at radius 3 is 2.73 bits per heavy atom. The van der Waals surface area contributed by atoms with E-state index in [4.69, 9.17) is 0 Å². The first-order valence-electron chi connectivity index (χ1n) is 3.36. The molecule has 2 heteroatoms. The SMILES string of the molecule is C/C=C\c1c(O)cccc1Br. The first-order chi connectivity index (χ1) is 5.25. The van der Waals surface area contributed by atoms with Crippen molar-refractivity contribution < 1.29 is 5.11 Å². The standard InChI is InChI=1S/C9H9BrO/c1-2-4-7-8(10)5-3-6-9(7)11/h2-6,11H,1H3/b4-2-. The first-order valence-corrected chi connectivity index (χ1v) is 4.15. The van der Waals surface area contributed by atoms with Gasteiger partial charge in [0.2, 0.25) is 0 Å². The largest absolute Gasteiger partial charge is 0.507 e. The summed E-state index contributed by atoms with van der Waals surface area (Å²) in [5.41, 5.74) is 0.829.